The molecule has 11 heteroatoms. The van der Waals surface area contributed by atoms with Crippen molar-refractivity contribution in [2.45, 2.75) is 97.7 Å². The van der Waals surface area contributed by atoms with Crippen LogP contribution < -0.4 is 5.32 Å². The molecule has 0 spiro atoms. The SMILES string of the molecule is CCC(=O)[C@@H]1C[C@]23CNC(=O)C[C@H](C)CCCCc4cc(-c5nnc(C)o5)cc5c(C(C)=O)nn(c45)CC(=O)N1[C@@H]2C3. The minimum absolute atomic E-state index is 0.0242. The van der Waals surface area contributed by atoms with E-state index in [-0.39, 0.29) is 53.0 Å². The van der Waals surface area contributed by atoms with Gasteiger partial charge in [0.05, 0.1) is 11.6 Å². The highest BCUT2D eigenvalue weighted by Gasteiger charge is 2.66. The number of amides is 2. The van der Waals surface area contributed by atoms with Crippen molar-refractivity contribution in [1.29, 1.82) is 0 Å². The molecule has 4 heterocycles. The molecule has 3 aromatic rings. The quantitative estimate of drug-likeness (QED) is 0.464. The van der Waals surface area contributed by atoms with Crippen LogP contribution in [0.5, 0.6) is 0 Å². The molecule has 2 bridgehead atoms. The van der Waals surface area contributed by atoms with Crippen molar-refractivity contribution >= 4 is 34.3 Å². The second kappa shape index (κ2) is 10.7. The number of Topliss-reactive ketones (excluding diaryl/α,β-unsaturated/α-hetero) is 2. The monoisotopic (exact) mass is 574 g/mol. The summed E-state index contributed by atoms with van der Waals surface area (Å²) >= 11 is 0. The Bertz CT molecular complexity index is 1590. The van der Waals surface area contributed by atoms with Gasteiger partial charge in [-0.3, -0.25) is 23.9 Å². The van der Waals surface area contributed by atoms with Gasteiger partial charge in [-0.1, -0.05) is 26.7 Å². The minimum atomic E-state index is -0.517. The first kappa shape index (κ1) is 28.2. The van der Waals surface area contributed by atoms with E-state index in [1.54, 1.807) is 16.5 Å². The zero-order valence-electron chi connectivity index (χ0n) is 24.7. The van der Waals surface area contributed by atoms with Crippen LogP contribution in [0.25, 0.3) is 22.4 Å². The first-order valence-corrected chi connectivity index (χ1v) is 15.1. The summed E-state index contributed by atoms with van der Waals surface area (Å²) in [6.07, 6.45) is 5.47. The molecule has 2 amide bonds. The van der Waals surface area contributed by atoms with Crippen molar-refractivity contribution in [3.05, 3.63) is 29.3 Å². The Morgan fingerprint density at radius 3 is 2.69 bits per heavy atom. The maximum atomic E-state index is 14.0. The first-order chi connectivity index (χ1) is 20.1. The van der Waals surface area contributed by atoms with Crippen LogP contribution in [0.15, 0.2) is 16.5 Å². The smallest absolute Gasteiger partial charge is 0.247 e. The van der Waals surface area contributed by atoms with E-state index >= 15 is 0 Å². The van der Waals surface area contributed by atoms with Crippen LogP contribution >= 0.6 is 0 Å². The molecule has 1 saturated carbocycles. The predicted octanol–water partition coefficient (Wildman–Crippen LogP) is 3.80. The van der Waals surface area contributed by atoms with Crippen LogP contribution in [0, 0.1) is 18.3 Å². The molecule has 222 valence electrons. The lowest BCUT2D eigenvalue weighted by atomic mass is 9.95. The summed E-state index contributed by atoms with van der Waals surface area (Å²) in [6.45, 7) is 7.50. The molecule has 11 nitrogen and oxygen atoms in total. The van der Waals surface area contributed by atoms with E-state index in [0.29, 0.717) is 55.0 Å². The van der Waals surface area contributed by atoms with Crippen LogP contribution in [-0.4, -0.2) is 66.9 Å². The average Bonchev–Trinajstić information content (AvgIpc) is 3.22. The van der Waals surface area contributed by atoms with Gasteiger partial charge in [-0.15, -0.1) is 10.2 Å². The van der Waals surface area contributed by atoms with Gasteiger partial charge in [0.1, 0.15) is 12.2 Å². The van der Waals surface area contributed by atoms with Gasteiger partial charge in [-0.2, -0.15) is 5.10 Å². The van der Waals surface area contributed by atoms with Crippen molar-refractivity contribution in [3.8, 4) is 11.5 Å². The number of carbonyl (C=O) groups excluding carboxylic acids is 4. The van der Waals surface area contributed by atoms with E-state index in [1.165, 1.54) is 6.92 Å². The summed E-state index contributed by atoms with van der Waals surface area (Å²) in [5.41, 5.74) is 2.38. The third kappa shape index (κ3) is 5.03. The van der Waals surface area contributed by atoms with Crippen molar-refractivity contribution in [2.75, 3.05) is 6.54 Å². The topological polar surface area (TPSA) is 140 Å². The van der Waals surface area contributed by atoms with Gasteiger partial charge >= 0.3 is 0 Å². The highest BCUT2D eigenvalue weighted by molar-refractivity contribution is 6.07. The fraction of sp³-hybridized carbons (Fsp3) is 0.581. The molecule has 2 aromatic heterocycles. The number of nitrogens with zero attached hydrogens (tertiary/aromatic N) is 5. The van der Waals surface area contributed by atoms with Gasteiger partial charge in [0.25, 0.3) is 0 Å². The van der Waals surface area contributed by atoms with Crippen molar-refractivity contribution in [3.63, 3.8) is 0 Å². The molecule has 42 heavy (non-hydrogen) atoms. The lowest BCUT2D eigenvalue weighted by Gasteiger charge is -2.26. The molecule has 1 N–H and O–H groups in total. The average molecular weight is 575 g/mol. The molecule has 0 radical (unpaired) electrons. The van der Waals surface area contributed by atoms with Crippen LogP contribution in [0.3, 0.4) is 0 Å². The normalized spacial score (nSPS) is 26.6. The van der Waals surface area contributed by atoms with Gasteiger partial charge in [-0.05, 0) is 49.3 Å². The van der Waals surface area contributed by atoms with Gasteiger partial charge in [0, 0.05) is 55.6 Å². The molecule has 1 aromatic carbocycles. The van der Waals surface area contributed by atoms with E-state index < -0.39 is 6.04 Å². The summed E-state index contributed by atoms with van der Waals surface area (Å²) in [5, 5.41) is 16.6. The standard InChI is InChI=1S/C31H38N6O5/c1-5-24(39)23-13-31-14-25(31)37(23)27(41)15-36-29-20(9-7-6-8-17(2)10-26(40)32-16-31)11-21(30-34-33-19(4)42-30)12-22(29)28(35-36)18(3)38/h11-12,17,23,25H,5-10,13-16H2,1-4H3,(H,32,40)/t17-,23+,25-,31+/m1/s1. The summed E-state index contributed by atoms with van der Waals surface area (Å²) in [7, 11) is 0. The van der Waals surface area contributed by atoms with Gasteiger partial charge in [0.2, 0.25) is 23.6 Å². The Hall–Kier alpha value is -3.89. The van der Waals surface area contributed by atoms with Crippen molar-refractivity contribution in [2.24, 2.45) is 11.3 Å². The maximum Gasteiger partial charge on any atom is 0.247 e. The fourth-order valence-electron chi connectivity index (χ4n) is 7.04. The maximum absolute atomic E-state index is 14.0. The number of aryl methyl sites for hydroxylation is 2. The largest absolute Gasteiger partial charge is 0.421 e. The summed E-state index contributed by atoms with van der Waals surface area (Å²) in [4.78, 5) is 54.4. The Labute approximate surface area is 244 Å². The number of nitrogens with one attached hydrogen (secondary N) is 1. The number of rotatable bonds is 4. The molecule has 3 aliphatic rings. The highest BCUT2D eigenvalue weighted by atomic mass is 16.4. The number of hydrogen-bond acceptors (Lipinski definition) is 8. The molecule has 1 saturated heterocycles. The third-order valence-electron chi connectivity index (χ3n) is 9.30. The lowest BCUT2D eigenvalue weighted by Crippen LogP contribution is -2.44. The molecule has 4 atom stereocenters. The zero-order chi connectivity index (χ0) is 29.8. The van der Waals surface area contributed by atoms with Gasteiger partial charge < -0.3 is 14.6 Å². The summed E-state index contributed by atoms with van der Waals surface area (Å²) in [6, 6.07) is 3.21. The van der Waals surface area contributed by atoms with Crippen LogP contribution in [0.1, 0.15) is 87.7 Å². The van der Waals surface area contributed by atoms with E-state index in [0.717, 1.165) is 36.8 Å². The van der Waals surface area contributed by atoms with Crippen LogP contribution in [-0.2, 0) is 27.3 Å². The molecule has 1 aliphatic carbocycles. The third-order valence-corrected chi connectivity index (χ3v) is 9.30. The number of benzene rings is 1. The van der Waals surface area contributed by atoms with E-state index in [9.17, 15) is 19.2 Å². The molecular weight excluding hydrogens is 536 g/mol. The number of piperidine rings is 1. The number of carbonyl (C=O) groups is 4. The Balaban J connectivity index is 1.45. The van der Waals surface area contributed by atoms with E-state index in [4.69, 9.17) is 4.42 Å². The van der Waals surface area contributed by atoms with E-state index in [1.807, 2.05) is 19.1 Å². The lowest BCUT2D eigenvalue weighted by molar-refractivity contribution is -0.139. The molecule has 2 aliphatic heterocycles. The first-order valence-electron chi connectivity index (χ1n) is 15.1. The predicted molar refractivity (Wildman–Crippen MR) is 153 cm³/mol. The zero-order valence-corrected chi connectivity index (χ0v) is 24.7. The van der Waals surface area contributed by atoms with E-state index in [2.05, 4.69) is 27.5 Å². The molecule has 0 unspecified atom stereocenters. The summed E-state index contributed by atoms with van der Waals surface area (Å²) < 4.78 is 7.36. The van der Waals surface area contributed by atoms with Crippen LogP contribution in [0.4, 0.5) is 0 Å². The molecular formula is C31H38N6O5. The second-order valence-electron chi connectivity index (χ2n) is 12.5. The number of hydrogen-bond donors (Lipinski definition) is 1. The number of aromatic nitrogens is 4. The van der Waals surface area contributed by atoms with Gasteiger partial charge in [0.15, 0.2) is 11.6 Å². The minimum Gasteiger partial charge on any atom is -0.421 e. The Morgan fingerprint density at radius 2 is 1.98 bits per heavy atom. The van der Waals surface area contributed by atoms with Gasteiger partial charge in [-0.25, -0.2) is 0 Å². The Morgan fingerprint density at radius 1 is 1.17 bits per heavy atom. The van der Waals surface area contributed by atoms with Crippen molar-refractivity contribution in [1.82, 2.24) is 30.2 Å². The summed E-state index contributed by atoms with van der Waals surface area (Å²) in [5.74, 6) is 0.673. The van der Waals surface area contributed by atoms with Crippen LogP contribution in [0.2, 0.25) is 0 Å². The molecule has 2 fully saturated rings. The molecule has 6 rings (SSSR count). The fourth-order valence-corrected chi connectivity index (χ4v) is 7.04. The number of ketones is 2. The second-order valence-corrected chi connectivity index (χ2v) is 12.5. The highest BCUT2D eigenvalue weighted by Crippen LogP contribution is 2.59. The van der Waals surface area contributed by atoms with Crippen molar-refractivity contribution < 1.29 is 23.6 Å². The Kier molecular flexibility index (Phi) is 7.22.